The highest BCUT2D eigenvalue weighted by Gasteiger charge is 2.19. The third-order valence-corrected chi connectivity index (χ3v) is 4.63. The number of hydrogen-bond acceptors (Lipinski definition) is 5. The zero-order valence-corrected chi connectivity index (χ0v) is 15.9. The van der Waals surface area contributed by atoms with Crippen molar-refractivity contribution < 1.29 is 23.1 Å². The summed E-state index contributed by atoms with van der Waals surface area (Å²) in [6.07, 6.45) is 0. The van der Waals surface area contributed by atoms with Crippen molar-refractivity contribution in [1.29, 1.82) is 0 Å². The fourth-order valence-electron chi connectivity index (χ4n) is 2.55. The third kappa shape index (κ3) is 4.58. The number of rotatable bonds is 5. The molecule has 0 unspecified atom stereocenters. The maximum Gasteiger partial charge on any atom is 0.338 e. The molecule has 3 aromatic rings. The van der Waals surface area contributed by atoms with Crippen LogP contribution in [0.25, 0.3) is 0 Å². The lowest BCUT2D eigenvalue weighted by Crippen LogP contribution is -2.22. The highest BCUT2D eigenvalue weighted by Crippen LogP contribution is 2.29. The van der Waals surface area contributed by atoms with E-state index < -0.39 is 17.6 Å². The first-order valence-electron chi connectivity index (χ1n) is 8.28. The van der Waals surface area contributed by atoms with Crippen molar-refractivity contribution in [3.63, 3.8) is 0 Å². The predicted molar refractivity (Wildman–Crippen MR) is 102 cm³/mol. The smallest absolute Gasteiger partial charge is 0.338 e. The van der Waals surface area contributed by atoms with Gasteiger partial charge in [0.05, 0.1) is 16.9 Å². The number of aromatic nitrogens is 1. The van der Waals surface area contributed by atoms with Crippen LogP contribution in [-0.2, 0) is 16.1 Å². The van der Waals surface area contributed by atoms with Crippen LogP contribution in [-0.4, -0.2) is 16.9 Å². The van der Waals surface area contributed by atoms with E-state index in [1.54, 1.807) is 11.4 Å². The molecule has 0 saturated heterocycles. The lowest BCUT2D eigenvalue weighted by atomic mass is 10.2. The molecule has 144 valence electrons. The van der Waals surface area contributed by atoms with Crippen LogP contribution in [0.15, 0.2) is 47.8 Å². The van der Waals surface area contributed by atoms with Crippen LogP contribution in [0.3, 0.4) is 0 Å². The van der Waals surface area contributed by atoms with E-state index in [1.165, 1.54) is 23.2 Å². The van der Waals surface area contributed by atoms with Crippen LogP contribution in [0.1, 0.15) is 28.5 Å². The monoisotopic (exact) mass is 402 g/mol. The molecule has 2 aromatic carbocycles. The van der Waals surface area contributed by atoms with E-state index in [0.717, 1.165) is 17.7 Å². The fraction of sp³-hybridized carbons (Fsp3) is 0.150. The largest absolute Gasteiger partial charge is 0.456 e. The average molecular weight is 402 g/mol. The second-order valence-electron chi connectivity index (χ2n) is 6.05. The number of carbonyl (C=O) groups is 2. The molecular weight excluding hydrogens is 386 g/mol. The summed E-state index contributed by atoms with van der Waals surface area (Å²) in [5, 5.41) is 2.08. The van der Waals surface area contributed by atoms with Gasteiger partial charge in [-0.15, -0.1) is 11.3 Å². The second-order valence-corrected chi connectivity index (χ2v) is 6.89. The van der Waals surface area contributed by atoms with Crippen LogP contribution in [0, 0.1) is 18.6 Å². The Labute approximate surface area is 164 Å². The molecule has 0 spiro atoms. The number of nitrogens with zero attached hydrogens (tertiary/aromatic N) is 2. The van der Waals surface area contributed by atoms with Gasteiger partial charge >= 0.3 is 5.97 Å². The molecule has 1 amide bonds. The zero-order valence-electron chi connectivity index (χ0n) is 15.1. The number of hydrogen-bond donors (Lipinski definition) is 0. The highest BCUT2D eigenvalue weighted by atomic mass is 32.1. The molecule has 28 heavy (non-hydrogen) atoms. The maximum absolute atomic E-state index is 13.2. The normalized spacial score (nSPS) is 10.6. The van der Waals surface area contributed by atoms with Gasteiger partial charge < -0.3 is 4.74 Å². The number of benzene rings is 2. The topological polar surface area (TPSA) is 59.5 Å². The summed E-state index contributed by atoms with van der Waals surface area (Å²) in [5.74, 6) is -2.80. The molecule has 0 atom stereocenters. The molecule has 1 aromatic heterocycles. The minimum absolute atomic E-state index is 0.187. The number of anilines is 2. The lowest BCUT2D eigenvalue weighted by molar-refractivity contribution is -0.115. The lowest BCUT2D eigenvalue weighted by Gasteiger charge is -2.18. The molecule has 5 nitrogen and oxygen atoms in total. The standard InChI is InChI=1S/C20H16F2N2O3S/c1-12-4-3-5-18(6-12)24(13(2)25)20-23-17(11-28-20)10-27-19(26)14-7-15(21)9-16(22)8-14/h3-9,11H,10H2,1-2H3. The summed E-state index contributed by atoms with van der Waals surface area (Å²) in [4.78, 5) is 29.9. The Hall–Kier alpha value is -3.13. The summed E-state index contributed by atoms with van der Waals surface area (Å²) in [6.45, 7) is 3.17. The Morgan fingerprint density at radius 2 is 1.86 bits per heavy atom. The van der Waals surface area contributed by atoms with Gasteiger partial charge in [0.25, 0.3) is 0 Å². The van der Waals surface area contributed by atoms with Crippen molar-refractivity contribution in [3.05, 3.63) is 76.3 Å². The van der Waals surface area contributed by atoms with Crippen LogP contribution in [0.2, 0.25) is 0 Å². The van der Waals surface area contributed by atoms with Gasteiger partial charge in [0.1, 0.15) is 18.2 Å². The van der Waals surface area contributed by atoms with E-state index in [4.69, 9.17) is 4.74 Å². The van der Waals surface area contributed by atoms with Crippen molar-refractivity contribution in [2.24, 2.45) is 0 Å². The van der Waals surface area contributed by atoms with E-state index in [1.807, 2.05) is 25.1 Å². The molecule has 1 heterocycles. The highest BCUT2D eigenvalue weighted by molar-refractivity contribution is 7.14. The van der Waals surface area contributed by atoms with Gasteiger partial charge in [-0.05, 0) is 36.8 Å². The van der Waals surface area contributed by atoms with E-state index in [0.29, 0.717) is 22.6 Å². The Morgan fingerprint density at radius 3 is 2.50 bits per heavy atom. The summed E-state index contributed by atoms with van der Waals surface area (Å²) in [7, 11) is 0. The first kappa shape index (κ1) is 19.6. The van der Waals surface area contributed by atoms with Crippen molar-refractivity contribution in [2.45, 2.75) is 20.5 Å². The summed E-state index contributed by atoms with van der Waals surface area (Å²) >= 11 is 1.22. The van der Waals surface area contributed by atoms with Crippen LogP contribution >= 0.6 is 11.3 Å². The van der Waals surface area contributed by atoms with Gasteiger partial charge in [-0.3, -0.25) is 9.69 Å². The van der Waals surface area contributed by atoms with Crippen LogP contribution in [0.5, 0.6) is 0 Å². The van der Waals surface area contributed by atoms with Crippen molar-refractivity contribution in [3.8, 4) is 0 Å². The summed E-state index contributed by atoms with van der Waals surface area (Å²) in [5.41, 5.74) is 1.87. The Morgan fingerprint density at radius 1 is 1.14 bits per heavy atom. The van der Waals surface area contributed by atoms with Gasteiger partial charge in [0.2, 0.25) is 5.91 Å². The molecule has 0 aliphatic rings. The van der Waals surface area contributed by atoms with Gasteiger partial charge in [-0.25, -0.2) is 18.6 Å². The predicted octanol–water partition coefficient (Wildman–Crippen LogP) is 4.77. The minimum atomic E-state index is -0.866. The number of thiazole rings is 1. The molecule has 0 aliphatic carbocycles. The first-order chi connectivity index (χ1) is 13.3. The van der Waals surface area contributed by atoms with E-state index in [-0.39, 0.29) is 18.1 Å². The number of ether oxygens (including phenoxy) is 1. The van der Waals surface area contributed by atoms with Crippen molar-refractivity contribution >= 4 is 34.0 Å². The number of halogens is 2. The third-order valence-electron chi connectivity index (χ3n) is 3.76. The van der Waals surface area contributed by atoms with Gasteiger partial charge in [-0.2, -0.15) is 0 Å². The van der Waals surface area contributed by atoms with Gasteiger partial charge in [-0.1, -0.05) is 12.1 Å². The van der Waals surface area contributed by atoms with E-state index in [9.17, 15) is 18.4 Å². The number of amides is 1. The second kappa shape index (κ2) is 8.26. The molecule has 8 heteroatoms. The number of aryl methyl sites for hydroxylation is 1. The van der Waals surface area contributed by atoms with E-state index in [2.05, 4.69) is 4.98 Å². The Bertz CT molecular complexity index is 1020. The first-order valence-corrected chi connectivity index (χ1v) is 9.16. The van der Waals surface area contributed by atoms with Crippen molar-refractivity contribution in [1.82, 2.24) is 4.98 Å². The van der Waals surface area contributed by atoms with Gasteiger partial charge in [0, 0.05) is 18.4 Å². The molecule has 0 N–H and O–H groups in total. The number of carbonyl (C=O) groups excluding carboxylic acids is 2. The molecule has 0 radical (unpaired) electrons. The Kier molecular flexibility index (Phi) is 5.79. The van der Waals surface area contributed by atoms with Gasteiger partial charge in [0.15, 0.2) is 5.13 Å². The SMILES string of the molecule is CC(=O)N(c1cccc(C)c1)c1nc(COC(=O)c2cc(F)cc(F)c2)cs1. The van der Waals surface area contributed by atoms with Crippen molar-refractivity contribution in [2.75, 3.05) is 4.90 Å². The molecule has 0 aliphatic heterocycles. The van der Waals surface area contributed by atoms with Crippen LogP contribution in [0.4, 0.5) is 19.6 Å². The Balaban J connectivity index is 1.74. The molecular formula is C20H16F2N2O3S. The minimum Gasteiger partial charge on any atom is -0.456 e. The molecule has 0 saturated carbocycles. The quantitative estimate of drug-likeness (QED) is 0.577. The van der Waals surface area contributed by atoms with Crippen LogP contribution < -0.4 is 4.90 Å². The maximum atomic E-state index is 13.2. The number of esters is 1. The summed E-state index contributed by atoms with van der Waals surface area (Å²) in [6, 6.07) is 9.89. The molecule has 0 fully saturated rings. The average Bonchev–Trinajstić information content (AvgIpc) is 3.07. The summed E-state index contributed by atoms with van der Waals surface area (Å²) < 4.78 is 31.5. The zero-order chi connectivity index (χ0) is 20.3. The molecule has 3 rings (SSSR count). The van der Waals surface area contributed by atoms with E-state index >= 15 is 0 Å². The molecule has 0 bridgehead atoms. The fourth-order valence-corrected chi connectivity index (χ4v) is 3.43.